The third-order valence-corrected chi connectivity index (χ3v) is 5.47. The number of aromatic nitrogens is 2. The monoisotopic (exact) mass is 467 g/mol. The van der Waals surface area contributed by atoms with Gasteiger partial charge in [-0.15, -0.1) is 0 Å². The first kappa shape index (κ1) is 23.5. The van der Waals surface area contributed by atoms with E-state index in [-0.39, 0.29) is 30.4 Å². The van der Waals surface area contributed by atoms with Gasteiger partial charge in [0.15, 0.2) is 0 Å². The number of H-pyrrole nitrogens is 1. The fraction of sp³-hybridized carbons (Fsp3) is 0.192. The van der Waals surface area contributed by atoms with E-state index in [0.717, 1.165) is 22.8 Å². The fourth-order valence-corrected chi connectivity index (χ4v) is 3.51. The molecule has 34 heavy (non-hydrogen) atoms. The Hall–Kier alpha value is -3.62. The molecule has 0 aliphatic heterocycles. The van der Waals surface area contributed by atoms with Gasteiger partial charge in [-0.1, -0.05) is 48.5 Å². The fourth-order valence-electron chi connectivity index (χ4n) is 3.51. The SMILES string of the molecule is C[C@](N)(CO)c1ncc(-c2ccc(OCc3cccc(-c4ccccc4)c3)c(C(F)(F)F)c2)[nH]1. The Morgan fingerprint density at radius 3 is 2.38 bits per heavy atom. The smallest absolute Gasteiger partial charge is 0.419 e. The predicted octanol–water partition coefficient (Wildman–Crippen LogP) is 5.51. The molecule has 176 valence electrons. The van der Waals surface area contributed by atoms with Crippen LogP contribution in [0.1, 0.15) is 23.9 Å². The highest BCUT2D eigenvalue weighted by atomic mass is 19.4. The van der Waals surface area contributed by atoms with Gasteiger partial charge in [-0.25, -0.2) is 4.98 Å². The van der Waals surface area contributed by atoms with Crippen molar-refractivity contribution >= 4 is 0 Å². The average molecular weight is 467 g/mol. The molecule has 0 saturated carbocycles. The van der Waals surface area contributed by atoms with Gasteiger partial charge in [-0.2, -0.15) is 13.2 Å². The van der Waals surface area contributed by atoms with E-state index >= 15 is 0 Å². The van der Waals surface area contributed by atoms with Crippen molar-refractivity contribution in [3.05, 3.63) is 95.9 Å². The number of hydrogen-bond donors (Lipinski definition) is 3. The molecule has 1 aromatic heterocycles. The summed E-state index contributed by atoms with van der Waals surface area (Å²) < 4.78 is 47.1. The largest absolute Gasteiger partial charge is 0.488 e. The van der Waals surface area contributed by atoms with Gasteiger partial charge in [0.25, 0.3) is 0 Å². The molecule has 4 aromatic rings. The van der Waals surface area contributed by atoms with Crippen LogP contribution in [0.4, 0.5) is 13.2 Å². The summed E-state index contributed by atoms with van der Waals surface area (Å²) in [6.45, 7) is 1.19. The molecule has 8 heteroatoms. The van der Waals surface area contributed by atoms with E-state index in [0.29, 0.717) is 5.69 Å². The molecule has 1 heterocycles. The molecule has 1 atom stereocenters. The Balaban J connectivity index is 1.59. The van der Waals surface area contributed by atoms with Crippen LogP contribution in [-0.4, -0.2) is 21.7 Å². The van der Waals surface area contributed by atoms with Crippen molar-refractivity contribution in [2.45, 2.75) is 25.2 Å². The number of ether oxygens (including phenoxy) is 1. The molecule has 4 N–H and O–H groups in total. The average Bonchev–Trinajstić information content (AvgIpc) is 3.34. The van der Waals surface area contributed by atoms with Crippen LogP contribution in [0.5, 0.6) is 5.75 Å². The maximum absolute atomic E-state index is 13.8. The van der Waals surface area contributed by atoms with E-state index in [1.165, 1.54) is 18.3 Å². The molecule has 0 aliphatic carbocycles. The maximum atomic E-state index is 13.8. The number of nitrogens with one attached hydrogen (secondary N) is 1. The first-order valence-electron chi connectivity index (χ1n) is 10.6. The number of aliphatic hydroxyl groups excluding tert-OH is 1. The summed E-state index contributed by atoms with van der Waals surface area (Å²) in [6, 6.07) is 21.0. The van der Waals surface area contributed by atoms with Gasteiger partial charge < -0.3 is 20.6 Å². The lowest BCUT2D eigenvalue weighted by atomic mass is 10.0. The number of aliphatic hydroxyl groups is 1. The van der Waals surface area contributed by atoms with Crippen LogP contribution in [0, 0.1) is 0 Å². The summed E-state index contributed by atoms with van der Waals surface area (Å²) in [5, 5.41) is 9.40. The third kappa shape index (κ3) is 5.13. The van der Waals surface area contributed by atoms with Crippen LogP contribution in [0.25, 0.3) is 22.4 Å². The quantitative estimate of drug-likeness (QED) is 0.335. The number of nitrogens with zero attached hydrogens (tertiary/aromatic N) is 1. The van der Waals surface area contributed by atoms with Crippen LogP contribution < -0.4 is 10.5 Å². The van der Waals surface area contributed by atoms with E-state index in [9.17, 15) is 18.3 Å². The Morgan fingerprint density at radius 1 is 0.941 bits per heavy atom. The van der Waals surface area contributed by atoms with Gasteiger partial charge in [0, 0.05) is 5.56 Å². The molecule has 0 fully saturated rings. The molecule has 0 spiro atoms. The highest BCUT2D eigenvalue weighted by molar-refractivity contribution is 5.64. The van der Waals surface area contributed by atoms with Gasteiger partial charge in [-0.05, 0) is 47.9 Å². The van der Waals surface area contributed by atoms with Crippen LogP contribution in [0.15, 0.2) is 79.0 Å². The molecule has 0 bridgehead atoms. The second-order valence-electron chi connectivity index (χ2n) is 8.28. The Labute approximate surface area is 195 Å². The van der Waals surface area contributed by atoms with Crippen molar-refractivity contribution in [1.82, 2.24) is 9.97 Å². The van der Waals surface area contributed by atoms with Gasteiger partial charge >= 0.3 is 6.18 Å². The Morgan fingerprint density at radius 2 is 1.68 bits per heavy atom. The predicted molar refractivity (Wildman–Crippen MR) is 124 cm³/mol. The molecule has 0 saturated heterocycles. The number of rotatable bonds is 7. The van der Waals surface area contributed by atoms with Crippen molar-refractivity contribution < 1.29 is 23.0 Å². The van der Waals surface area contributed by atoms with Crippen LogP contribution in [0.3, 0.4) is 0 Å². The zero-order valence-corrected chi connectivity index (χ0v) is 18.4. The molecule has 3 aromatic carbocycles. The summed E-state index contributed by atoms with van der Waals surface area (Å²) in [4.78, 5) is 7.00. The van der Waals surface area contributed by atoms with Crippen LogP contribution >= 0.6 is 0 Å². The second-order valence-corrected chi connectivity index (χ2v) is 8.28. The number of alkyl halides is 3. The summed E-state index contributed by atoms with van der Waals surface area (Å²) in [6.07, 6.45) is -3.23. The van der Waals surface area contributed by atoms with Gasteiger partial charge in [0.05, 0.1) is 29.6 Å². The van der Waals surface area contributed by atoms with Crippen molar-refractivity contribution in [2.75, 3.05) is 6.61 Å². The zero-order chi connectivity index (χ0) is 24.3. The van der Waals surface area contributed by atoms with E-state index in [1.807, 2.05) is 54.6 Å². The van der Waals surface area contributed by atoms with E-state index in [1.54, 1.807) is 6.92 Å². The van der Waals surface area contributed by atoms with Crippen LogP contribution in [0.2, 0.25) is 0 Å². The summed E-state index contributed by atoms with van der Waals surface area (Å²) in [7, 11) is 0. The lowest BCUT2D eigenvalue weighted by molar-refractivity contribution is -0.139. The van der Waals surface area contributed by atoms with Gasteiger partial charge in [0.1, 0.15) is 18.2 Å². The van der Waals surface area contributed by atoms with E-state index < -0.39 is 17.3 Å². The molecule has 0 aliphatic rings. The Bertz CT molecular complexity index is 1270. The van der Waals surface area contributed by atoms with Crippen molar-refractivity contribution in [2.24, 2.45) is 5.73 Å². The van der Waals surface area contributed by atoms with Gasteiger partial charge in [-0.3, -0.25) is 0 Å². The standard InChI is InChI=1S/C26H24F3N3O2/c1-25(30,16-33)24-31-14-22(32-24)20-10-11-23(21(13-20)26(27,28)29)34-15-17-6-5-9-19(12-17)18-7-3-2-4-8-18/h2-14,33H,15-16,30H2,1H3,(H,31,32)/t25-/m0/s1. The molecule has 0 radical (unpaired) electrons. The molecular weight excluding hydrogens is 443 g/mol. The number of halogens is 3. The third-order valence-electron chi connectivity index (χ3n) is 5.47. The minimum absolute atomic E-state index is 0.0145. The normalized spacial score (nSPS) is 13.5. The number of benzene rings is 3. The molecule has 0 amide bonds. The highest BCUT2D eigenvalue weighted by Crippen LogP contribution is 2.39. The Kier molecular flexibility index (Phi) is 6.45. The topological polar surface area (TPSA) is 84.2 Å². The number of nitrogens with two attached hydrogens (primary N) is 1. The first-order valence-corrected chi connectivity index (χ1v) is 10.6. The van der Waals surface area contributed by atoms with Crippen molar-refractivity contribution in [1.29, 1.82) is 0 Å². The number of imidazole rings is 1. The van der Waals surface area contributed by atoms with E-state index in [4.69, 9.17) is 10.5 Å². The lowest BCUT2D eigenvalue weighted by Crippen LogP contribution is -2.38. The maximum Gasteiger partial charge on any atom is 0.419 e. The minimum Gasteiger partial charge on any atom is -0.488 e. The minimum atomic E-state index is -4.62. The molecule has 4 rings (SSSR count). The summed E-state index contributed by atoms with van der Waals surface area (Å²) in [5.41, 5.74) is 7.28. The first-order chi connectivity index (χ1) is 16.2. The van der Waals surface area contributed by atoms with Crippen molar-refractivity contribution in [3.8, 4) is 28.1 Å². The molecule has 0 unspecified atom stereocenters. The van der Waals surface area contributed by atoms with Crippen molar-refractivity contribution in [3.63, 3.8) is 0 Å². The van der Waals surface area contributed by atoms with Crippen LogP contribution in [-0.2, 0) is 18.3 Å². The summed E-state index contributed by atoms with van der Waals surface area (Å²) >= 11 is 0. The number of aromatic amines is 1. The van der Waals surface area contributed by atoms with Gasteiger partial charge in [0.2, 0.25) is 0 Å². The summed E-state index contributed by atoms with van der Waals surface area (Å²) in [5.74, 6) is 0.0114. The second kappa shape index (κ2) is 9.32. The number of hydrogen-bond acceptors (Lipinski definition) is 4. The molecule has 5 nitrogen and oxygen atoms in total. The van der Waals surface area contributed by atoms with E-state index in [2.05, 4.69) is 9.97 Å². The highest BCUT2D eigenvalue weighted by Gasteiger charge is 2.35. The zero-order valence-electron chi connectivity index (χ0n) is 18.4. The lowest BCUT2D eigenvalue weighted by Gasteiger charge is -2.18. The molecular formula is C26H24F3N3O2.